The monoisotopic (exact) mass is 358 g/mol. The van der Waals surface area contributed by atoms with Gasteiger partial charge in [-0.3, -0.25) is 9.98 Å². The summed E-state index contributed by atoms with van der Waals surface area (Å²) in [6, 6.07) is 9.20. The first kappa shape index (κ1) is 21.4. The molecule has 1 atom stereocenters. The molecule has 0 amide bonds. The van der Waals surface area contributed by atoms with E-state index in [0.717, 1.165) is 36.8 Å². The predicted molar refractivity (Wildman–Crippen MR) is 108 cm³/mol. The Kier molecular flexibility index (Phi) is 10.5. The zero-order chi connectivity index (χ0) is 19.2. The van der Waals surface area contributed by atoms with Gasteiger partial charge >= 0.3 is 5.97 Å². The lowest BCUT2D eigenvalue weighted by molar-refractivity contribution is -0.138. The first-order valence-electron chi connectivity index (χ1n) is 9.10. The standard InChI is InChI=1S/C20H30N4O2/c1-2-3-5-11-17(14-16-9-6-4-7-10-16)15-24-18(19(25)26)12-8-13-23-20(21)22/h4,6-7,9-10,14-15,18H,2-3,5,8,11-13H2,1H3,(H,25,26)(H4,21,22,23)/b17-14+,24-15?/t18-/m0/s1. The number of aliphatic carboxylic acids is 1. The molecule has 5 N–H and O–H groups in total. The second-order valence-corrected chi connectivity index (χ2v) is 6.17. The summed E-state index contributed by atoms with van der Waals surface area (Å²) in [6.07, 6.45) is 8.96. The van der Waals surface area contributed by atoms with Gasteiger partial charge in [0.25, 0.3) is 0 Å². The van der Waals surface area contributed by atoms with Gasteiger partial charge in [-0.1, -0.05) is 56.2 Å². The van der Waals surface area contributed by atoms with Crippen LogP contribution in [0.25, 0.3) is 6.08 Å². The number of carboxylic acid groups (broad SMARTS) is 1. The fraction of sp³-hybridized carbons (Fsp3) is 0.450. The molecule has 1 rings (SSSR count). The number of hydrogen-bond acceptors (Lipinski definition) is 3. The minimum Gasteiger partial charge on any atom is -0.480 e. The summed E-state index contributed by atoms with van der Waals surface area (Å²) in [7, 11) is 0. The second kappa shape index (κ2) is 12.7. The Balaban J connectivity index is 2.79. The van der Waals surface area contributed by atoms with E-state index in [9.17, 15) is 9.90 Å². The number of hydrogen-bond donors (Lipinski definition) is 3. The molecule has 1 aromatic carbocycles. The summed E-state index contributed by atoms with van der Waals surface area (Å²) in [5.41, 5.74) is 12.7. The van der Waals surface area contributed by atoms with E-state index in [1.165, 1.54) is 0 Å². The lowest BCUT2D eigenvalue weighted by Gasteiger charge is -2.08. The lowest BCUT2D eigenvalue weighted by atomic mass is 10.0. The van der Waals surface area contributed by atoms with E-state index in [2.05, 4.69) is 23.0 Å². The van der Waals surface area contributed by atoms with Crippen molar-refractivity contribution in [2.45, 2.75) is 51.5 Å². The fourth-order valence-electron chi connectivity index (χ4n) is 2.46. The number of guanidine groups is 1. The van der Waals surface area contributed by atoms with Crippen molar-refractivity contribution in [3.63, 3.8) is 0 Å². The third-order valence-corrected chi connectivity index (χ3v) is 3.86. The minimum absolute atomic E-state index is 0.0179. The van der Waals surface area contributed by atoms with Crippen LogP contribution >= 0.6 is 0 Å². The highest BCUT2D eigenvalue weighted by atomic mass is 16.4. The van der Waals surface area contributed by atoms with Gasteiger partial charge in [0.1, 0.15) is 6.04 Å². The molecule has 1 aromatic rings. The molecule has 0 aromatic heterocycles. The Bertz CT molecular complexity index is 620. The SMILES string of the molecule is CCCCC/C(C=N[C@@H](CCCN=C(N)N)C(=O)O)=C\c1ccccc1. The van der Waals surface area contributed by atoms with Gasteiger partial charge in [0, 0.05) is 12.8 Å². The number of nitrogens with zero attached hydrogens (tertiary/aromatic N) is 2. The summed E-state index contributed by atoms with van der Waals surface area (Å²) in [5, 5.41) is 9.38. The van der Waals surface area contributed by atoms with E-state index in [-0.39, 0.29) is 5.96 Å². The van der Waals surface area contributed by atoms with Crippen molar-refractivity contribution in [3.8, 4) is 0 Å². The molecule has 26 heavy (non-hydrogen) atoms. The molecule has 0 radical (unpaired) electrons. The van der Waals surface area contributed by atoms with Crippen LogP contribution in [0.15, 0.2) is 45.9 Å². The first-order chi connectivity index (χ1) is 12.5. The average Bonchev–Trinajstić information content (AvgIpc) is 2.61. The van der Waals surface area contributed by atoms with Gasteiger partial charge in [0.2, 0.25) is 0 Å². The number of nitrogens with two attached hydrogens (primary N) is 2. The molecule has 0 unspecified atom stereocenters. The molecule has 142 valence electrons. The molecule has 0 saturated carbocycles. The van der Waals surface area contributed by atoms with Gasteiger partial charge in [0.15, 0.2) is 5.96 Å². The molecular formula is C20H30N4O2. The van der Waals surface area contributed by atoms with Crippen LogP contribution < -0.4 is 11.5 Å². The van der Waals surface area contributed by atoms with E-state index >= 15 is 0 Å². The van der Waals surface area contributed by atoms with Gasteiger partial charge < -0.3 is 16.6 Å². The zero-order valence-corrected chi connectivity index (χ0v) is 15.5. The molecule has 0 aliphatic carbocycles. The topological polar surface area (TPSA) is 114 Å². The van der Waals surface area contributed by atoms with Gasteiger partial charge in [-0.05, 0) is 36.8 Å². The van der Waals surface area contributed by atoms with Crippen LogP contribution in [0.1, 0.15) is 51.0 Å². The van der Waals surface area contributed by atoms with Gasteiger partial charge in [-0.2, -0.15) is 0 Å². The van der Waals surface area contributed by atoms with Crippen LogP contribution in [0, 0.1) is 0 Å². The number of aliphatic imine (C=N–C) groups is 2. The number of carboxylic acids is 1. The number of unbranched alkanes of at least 4 members (excludes halogenated alkanes) is 2. The van der Waals surface area contributed by atoms with Crippen LogP contribution in [-0.4, -0.2) is 35.8 Å². The van der Waals surface area contributed by atoms with Crippen molar-refractivity contribution in [1.82, 2.24) is 0 Å². The molecule has 0 spiro atoms. The van der Waals surface area contributed by atoms with Crippen LogP contribution in [0.2, 0.25) is 0 Å². The summed E-state index contributed by atoms with van der Waals surface area (Å²) in [5.74, 6) is -0.914. The number of carbonyl (C=O) groups is 1. The summed E-state index contributed by atoms with van der Waals surface area (Å²) in [4.78, 5) is 19.6. The van der Waals surface area contributed by atoms with E-state index in [0.29, 0.717) is 19.4 Å². The maximum Gasteiger partial charge on any atom is 0.328 e. The Hall–Kier alpha value is -2.63. The first-order valence-corrected chi connectivity index (χ1v) is 9.10. The molecule has 0 fully saturated rings. The van der Waals surface area contributed by atoms with Gasteiger partial charge in [0.05, 0.1) is 0 Å². The van der Waals surface area contributed by atoms with Gasteiger partial charge in [-0.25, -0.2) is 4.79 Å². The van der Waals surface area contributed by atoms with Crippen LogP contribution in [-0.2, 0) is 4.79 Å². The molecule has 0 aliphatic heterocycles. The number of benzene rings is 1. The summed E-state index contributed by atoms with van der Waals surface area (Å²) in [6.45, 7) is 2.57. The van der Waals surface area contributed by atoms with Crippen molar-refractivity contribution in [3.05, 3.63) is 41.5 Å². The molecule has 0 aliphatic rings. The highest BCUT2D eigenvalue weighted by Gasteiger charge is 2.14. The number of rotatable bonds is 12. The van der Waals surface area contributed by atoms with Crippen molar-refractivity contribution in [1.29, 1.82) is 0 Å². The second-order valence-electron chi connectivity index (χ2n) is 6.17. The summed E-state index contributed by atoms with van der Waals surface area (Å²) < 4.78 is 0. The smallest absolute Gasteiger partial charge is 0.328 e. The molecule has 0 saturated heterocycles. The highest BCUT2D eigenvalue weighted by molar-refractivity contribution is 5.87. The van der Waals surface area contributed by atoms with E-state index in [4.69, 9.17) is 11.5 Å². The Morgan fingerprint density at radius 1 is 1.19 bits per heavy atom. The fourth-order valence-corrected chi connectivity index (χ4v) is 2.46. The quantitative estimate of drug-likeness (QED) is 0.302. The maximum atomic E-state index is 11.4. The predicted octanol–water partition coefficient (Wildman–Crippen LogP) is 3.23. The minimum atomic E-state index is -0.932. The van der Waals surface area contributed by atoms with Crippen LogP contribution in [0.3, 0.4) is 0 Å². The largest absolute Gasteiger partial charge is 0.480 e. The van der Waals surface area contributed by atoms with Crippen molar-refractivity contribution in [2.24, 2.45) is 21.5 Å². The van der Waals surface area contributed by atoms with E-state index in [1.807, 2.05) is 30.3 Å². The molecule has 6 nitrogen and oxygen atoms in total. The summed E-state index contributed by atoms with van der Waals surface area (Å²) >= 11 is 0. The average molecular weight is 358 g/mol. The molecule has 0 bridgehead atoms. The highest BCUT2D eigenvalue weighted by Crippen LogP contribution is 2.13. The maximum absolute atomic E-state index is 11.4. The Morgan fingerprint density at radius 2 is 1.92 bits per heavy atom. The Morgan fingerprint density at radius 3 is 2.54 bits per heavy atom. The van der Waals surface area contributed by atoms with Crippen LogP contribution in [0.4, 0.5) is 0 Å². The van der Waals surface area contributed by atoms with Crippen molar-refractivity contribution < 1.29 is 9.90 Å². The van der Waals surface area contributed by atoms with Crippen molar-refractivity contribution in [2.75, 3.05) is 6.54 Å². The number of allylic oxidation sites excluding steroid dienone is 1. The molecule has 0 heterocycles. The third kappa shape index (κ3) is 9.61. The Labute approximate surface area is 155 Å². The van der Waals surface area contributed by atoms with Crippen LogP contribution in [0.5, 0.6) is 0 Å². The zero-order valence-electron chi connectivity index (χ0n) is 15.5. The third-order valence-electron chi connectivity index (χ3n) is 3.86. The lowest BCUT2D eigenvalue weighted by Crippen LogP contribution is -2.23. The van der Waals surface area contributed by atoms with E-state index in [1.54, 1.807) is 6.21 Å². The van der Waals surface area contributed by atoms with Crippen molar-refractivity contribution >= 4 is 24.2 Å². The normalized spacial score (nSPS) is 12.9. The van der Waals surface area contributed by atoms with E-state index < -0.39 is 12.0 Å². The molecule has 6 heteroatoms. The van der Waals surface area contributed by atoms with Gasteiger partial charge in [-0.15, -0.1) is 0 Å². The molecular weight excluding hydrogens is 328 g/mol.